The number of benzene rings is 3. The maximum absolute atomic E-state index is 11.1. The molecule has 5 rings (SSSR count). The molecule has 0 unspecified atom stereocenters. The molecule has 0 aromatic heterocycles. The Bertz CT molecular complexity index is 1340. The average molecular weight is 542 g/mol. The van der Waals surface area contributed by atoms with E-state index >= 15 is 0 Å². The van der Waals surface area contributed by atoms with Gasteiger partial charge in [-0.15, -0.1) is 0 Å². The van der Waals surface area contributed by atoms with Crippen molar-refractivity contribution in [2.75, 3.05) is 13.2 Å². The third-order valence-corrected chi connectivity index (χ3v) is 8.41. The standard InChI is InChI=1S/C33H35NO6/c35-32(36)14-7-2-1-6-13-30-29(22-39-21-24-9-8-12-28(19-24)34(37)38)31-20-33(30,23-40-31)27-17-15-26(16-18-27)25-10-4-3-5-11-25/h1,3-6,8-12,15-19,29-31H,2,7,13-14,20-23H2,(H,35,36)/b6-1-/t29-,30-,31-,33-/m0/s1. The molecule has 0 amide bonds. The van der Waals surface area contributed by atoms with E-state index < -0.39 is 5.97 Å². The second kappa shape index (κ2) is 12.6. The van der Waals surface area contributed by atoms with Crippen molar-refractivity contribution in [3.8, 4) is 11.1 Å². The van der Waals surface area contributed by atoms with Gasteiger partial charge in [-0.25, -0.2) is 0 Å². The van der Waals surface area contributed by atoms with E-state index in [1.807, 2.05) is 24.3 Å². The lowest BCUT2D eigenvalue weighted by Crippen LogP contribution is -2.41. The largest absolute Gasteiger partial charge is 0.481 e. The number of carboxylic acids is 1. The molecule has 7 heteroatoms. The fourth-order valence-electron chi connectivity index (χ4n) is 6.40. The van der Waals surface area contributed by atoms with Crippen LogP contribution in [-0.2, 0) is 26.3 Å². The summed E-state index contributed by atoms with van der Waals surface area (Å²) in [7, 11) is 0. The van der Waals surface area contributed by atoms with Crippen LogP contribution < -0.4 is 0 Å². The molecule has 40 heavy (non-hydrogen) atoms. The third-order valence-electron chi connectivity index (χ3n) is 8.41. The van der Waals surface area contributed by atoms with E-state index in [9.17, 15) is 14.9 Å². The lowest BCUT2D eigenvalue weighted by molar-refractivity contribution is -0.385. The summed E-state index contributed by atoms with van der Waals surface area (Å²) < 4.78 is 12.5. The van der Waals surface area contributed by atoms with Crippen molar-refractivity contribution in [1.82, 2.24) is 0 Å². The van der Waals surface area contributed by atoms with Gasteiger partial charge in [0.15, 0.2) is 0 Å². The second-order valence-corrected chi connectivity index (χ2v) is 10.9. The van der Waals surface area contributed by atoms with Crippen LogP contribution in [0.1, 0.15) is 43.2 Å². The minimum atomic E-state index is -0.766. The summed E-state index contributed by atoms with van der Waals surface area (Å²) in [6, 6.07) is 25.8. The highest BCUT2D eigenvalue weighted by Crippen LogP contribution is 2.56. The molecule has 7 nitrogen and oxygen atoms in total. The van der Waals surface area contributed by atoms with Crippen LogP contribution in [0.3, 0.4) is 0 Å². The smallest absolute Gasteiger partial charge is 0.303 e. The number of allylic oxidation sites excluding steroid dienone is 2. The number of carbonyl (C=O) groups is 1. The van der Waals surface area contributed by atoms with Gasteiger partial charge in [0.25, 0.3) is 5.69 Å². The normalized spacial score (nSPS) is 23.6. The Kier molecular flexibility index (Phi) is 8.72. The van der Waals surface area contributed by atoms with Crippen molar-refractivity contribution < 1.29 is 24.3 Å². The Morgan fingerprint density at radius 1 is 1.05 bits per heavy atom. The van der Waals surface area contributed by atoms with Crippen LogP contribution in [-0.4, -0.2) is 35.3 Å². The predicted octanol–water partition coefficient (Wildman–Crippen LogP) is 6.95. The van der Waals surface area contributed by atoms with Gasteiger partial charge in [-0.2, -0.15) is 0 Å². The van der Waals surface area contributed by atoms with Crippen molar-refractivity contribution in [3.05, 3.63) is 112 Å². The molecule has 1 aliphatic carbocycles. The summed E-state index contributed by atoms with van der Waals surface area (Å²) in [6.07, 6.45) is 7.72. The maximum Gasteiger partial charge on any atom is 0.303 e. The summed E-state index contributed by atoms with van der Waals surface area (Å²) >= 11 is 0. The zero-order valence-electron chi connectivity index (χ0n) is 22.5. The molecule has 0 spiro atoms. The molecule has 2 bridgehead atoms. The number of non-ortho nitro benzene ring substituents is 1. The van der Waals surface area contributed by atoms with Crippen LogP contribution in [0.15, 0.2) is 91.0 Å². The van der Waals surface area contributed by atoms with Gasteiger partial charge in [0.05, 0.1) is 30.8 Å². The van der Waals surface area contributed by atoms with Crippen molar-refractivity contribution in [2.24, 2.45) is 11.8 Å². The van der Waals surface area contributed by atoms with Crippen LogP contribution in [0.25, 0.3) is 11.1 Å². The average Bonchev–Trinajstić information content (AvgIpc) is 3.54. The number of hydrogen-bond donors (Lipinski definition) is 1. The SMILES string of the molecule is O=C(O)CCC/C=C\C[C@H]1[C@H](COCc2cccc([N+](=O)[O-])c2)[C@@H]2C[C@@]1(c1ccc(-c3ccccc3)cc1)CO2. The van der Waals surface area contributed by atoms with E-state index in [1.54, 1.807) is 12.1 Å². The number of fused-ring (bicyclic) bond motifs is 2. The fraction of sp³-hybridized carbons (Fsp3) is 0.364. The van der Waals surface area contributed by atoms with Gasteiger partial charge in [-0.1, -0.05) is 78.9 Å². The fourth-order valence-corrected chi connectivity index (χ4v) is 6.40. The Labute approximate surface area is 234 Å². The topological polar surface area (TPSA) is 98.9 Å². The highest BCUT2D eigenvalue weighted by molar-refractivity contribution is 5.66. The molecular weight excluding hydrogens is 506 g/mol. The molecule has 208 valence electrons. The van der Waals surface area contributed by atoms with Gasteiger partial charge in [0.2, 0.25) is 0 Å². The first-order valence-corrected chi connectivity index (χ1v) is 13.9. The van der Waals surface area contributed by atoms with Crippen molar-refractivity contribution >= 4 is 11.7 Å². The van der Waals surface area contributed by atoms with Gasteiger partial charge in [0.1, 0.15) is 0 Å². The first kappa shape index (κ1) is 27.7. The molecule has 1 aliphatic heterocycles. The van der Waals surface area contributed by atoms with Gasteiger partial charge in [-0.05, 0) is 53.9 Å². The van der Waals surface area contributed by atoms with E-state index in [0.717, 1.165) is 24.8 Å². The molecule has 1 N–H and O–H groups in total. The summed E-state index contributed by atoms with van der Waals surface area (Å²) in [5.41, 5.74) is 4.37. The molecule has 3 aromatic rings. The number of carboxylic acid groups (broad SMARTS) is 1. The zero-order chi connectivity index (χ0) is 28.0. The van der Waals surface area contributed by atoms with Crippen LogP contribution in [0.4, 0.5) is 5.69 Å². The number of rotatable bonds is 13. The number of nitrogens with zero attached hydrogens (tertiary/aromatic N) is 1. The maximum atomic E-state index is 11.1. The number of nitro groups is 1. The van der Waals surface area contributed by atoms with Gasteiger partial charge >= 0.3 is 5.97 Å². The monoisotopic (exact) mass is 541 g/mol. The number of unbranched alkanes of at least 4 members (excludes halogenated alkanes) is 1. The molecule has 1 heterocycles. The number of nitro benzene ring substituents is 1. The Morgan fingerprint density at radius 2 is 1.82 bits per heavy atom. The second-order valence-electron chi connectivity index (χ2n) is 10.9. The van der Waals surface area contributed by atoms with Gasteiger partial charge in [0, 0.05) is 29.9 Å². The van der Waals surface area contributed by atoms with E-state index in [0.29, 0.717) is 32.2 Å². The zero-order valence-corrected chi connectivity index (χ0v) is 22.5. The Hall–Kier alpha value is -3.81. The Balaban J connectivity index is 1.32. The summed E-state index contributed by atoms with van der Waals surface area (Å²) in [4.78, 5) is 21.6. The summed E-state index contributed by atoms with van der Waals surface area (Å²) in [6.45, 7) is 1.48. The molecule has 1 saturated carbocycles. The predicted molar refractivity (Wildman–Crippen MR) is 153 cm³/mol. The van der Waals surface area contributed by atoms with Crippen LogP contribution in [0.5, 0.6) is 0 Å². The van der Waals surface area contributed by atoms with E-state index in [4.69, 9.17) is 14.6 Å². The van der Waals surface area contributed by atoms with Crippen molar-refractivity contribution in [3.63, 3.8) is 0 Å². The van der Waals surface area contributed by atoms with Crippen LogP contribution in [0.2, 0.25) is 0 Å². The minimum Gasteiger partial charge on any atom is -0.481 e. The Morgan fingerprint density at radius 3 is 2.58 bits per heavy atom. The first-order chi connectivity index (χ1) is 19.5. The lowest BCUT2D eigenvalue weighted by Gasteiger charge is -2.39. The molecule has 2 fully saturated rings. The van der Waals surface area contributed by atoms with Crippen molar-refractivity contribution in [2.45, 2.75) is 50.2 Å². The molecule has 0 radical (unpaired) electrons. The van der Waals surface area contributed by atoms with E-state index in [-0.39, 0.29) is 34.5 Å². The third kappa shape index (κ3) is 6.16. The van der Waals surface area contributed by atoms with Gasteiger partial charge in [-0.3, -0.25) is 14.9 Å². The van der Waals surface area contributed by atoms with E-state index in [2.05, 4.69) is 48.6 Å². The van der Waals surface area contributed by atoms with Crippen LogP contribution >= 0.6 is 0 Å². The van der Waals surface area contributed by atoms with E-state index in [1.165, 1.54) is 22.8 Å². The number of aliphatic carboxylic acids is 1. The molecule has 2 aliphatic rings. The lowest BCUT2D eigenvalue weighted by atomic mass is 9.69. The molecule has 4 atom stereocenters. The number of ether oxygens (including phenoxy) is 2. The van der Waals surface area contributed by atoms with Crippen LogP contribution in [0, 0.1) is 22.0 Å². The molecule has 1 saturated heterocycles. The quantitative estimate of drug-likeness (QED) is 0.109. The number of hydrogen-bond acceptors (Lipinski definition) is 5. The summed E-state index contributed by atoms with van der Waals surface area (Å²) in [5.74, 6) is -0.280. The molecular formula is C33H35NO6. The minimum absolute atomic E-state index is 0.0631. The van der Waals surface area contributed by atoms with Crippen molar-refractivity contribution in [1.29, 1.82) is 0 Å². The first-order valence-electron chi connectivity index (χ1n) is 13.9. The highest BCUT2D eigenvalue weighted by Gasteiger charge is 2.59. The highest BCUT2D eigenvalue weighted by atomic mass is 16.6. The summed E-state index contributed by atoms with van der Waals surface area (Å²) in [5, 5.41) is 20.1. The molecule has 3 aromatic carbocycles. The van der Waals surface area contributed by atoms with Gasteiger partial charge < -0.3 is 14.6 Å².